The minimum atomic E-state index is -0.396. The number of likely N-dealkylation sites (N-methyl/N-ethyl adjacent to an activating group) is 1. The van der Waals surface area contributed by atoms with E-state index in [9.17, 15) is 14.0 Å². The monoisotopic (exact) mass is 254 g/mol. The van der Waals surface area contributed by atoms with Gasteiger partial charge >= 0.3 is 0 Å². The molecule has 1 rings (SSSR count). The van der Waals surface area contributed by atoms with E-state index in [0.29, 0.717) is 5.69 Å². The van der Waals surface area contributed by atoms with E-state index in [0.717, 1.165) is 0 Å². The average Bonchev–Trinajstić information content (AvgIpc) is 2.38. The number of quaternary nitrogens is 1. The van der Waals surface area contributed by atoms with Gasteiger partial charge < -0.3 is 16.0 Å². The van der Waals surface area contributed by atoms with Crippen molar-refractivity contribution in [2.75, 3.05) is 18.9 Å². The maximum atomic E-state index is 12.7. The fourth-order valence-corrected chi connectivity index (χ4v) is 1.28. The predicted molar refractivity (Wildman–Crippen MR) is 65.4 cm³/mol. The van der Waals surface area contributed by atoms with Crippen LogP contribution in [0.1, 0.15) is 6.92 Å². The van der Waals surface area contributed by atoms with Crippen LogP contribution in [-0.4, -0.2) is 31.4 Å². The van der Waals surface area contributed by atoms with Crippen molar-refractivity contribution in [1.29, 1.82) is 0 Å². The van der Waals surface area contributed by atoms with Crippen molar-refractivity contribution < 1.29 is 19.3 Å². The van der Waals surface area contributed by atoms with Gasteiger partial charge in [-0.25, -0.2) is 4.39 Å². The normalized spacial score (nSPS) is 11.7. The van der Waals surface area contributed by atoms with Gasteiger partial charge in [0.15, 0.2) is 12.6 Å². The lowest BCUT2D eigenvalue weighted by molar-refractivity contribution is -0.662. The van der Waals surface area contributed by atoms with Gasteiger partial charge in [0.1, 0.15) is 5.82 Å². The molecule has 0 aromatic heterocycles. The van der Waals surface area contributed by atoms with Gasteiger partial charge in [0, 0.05) is 12.7 Å². The van der Waals surface area contributed by atoms with Crippen LogP contribution >= 0.6 is 0 Å². The van der Waals surface area contributed by atoms with E-state index in [1.165, 1.54) is 24.3 Å². The van der Waals surface area contributed by atoms with Crippen molar-refractivity contribution in [2.24, 2.45) is 0 Å². The Hall–Kier alpha value is -1.95. The second-order valence-corrected chi connectivity index (χ2v) is 3.90. The number of nitrogens with two attached hydrogens (primary N) is 1. The summed E-state index contributed by atoms with van der Waals surface area (Å²) < 4.78 is 12.7. The molecule has 6 heteroatoms. The summed E-state index contributed by atoms with van der Waals surface area (Å²) in [5.41, 5.74) is 0.529. The van der Waals surface area contributed by atoms with Crippen LogP contribution in [0, 0.1) is 5.82 Å². The summed E-state index contributed by atoms with van der Waals surface area (Å²) in [5, 5.41) is 6.74. The lowest BCUT2D eigenvalue weighted by Gasteiger charge is -2.10. The van der Waals surface area contributed by atoms with Crippen LogP contribution in [0.4, 0.5) is 10.1 Å². The fourth-order valence-electron chi connectivity index (χ4n) is 1.28. The van der Waals surface area contributed by atoms with Crippen LogP contribution in [0.5, 0.6) is 0 Å². The van der Waals surface area contributed by atoms with E-state index in [1.807, 2.05) is 0 Å². The molecule has 1 aromatic rings. The number of halogens is 1. The maximum absolute atomic E-state index is 12.7. The standard InChI is InChI=1S/C12H16FN3O2/c1-8(15-7-11(17)14-2)12(18)16-10-5-3-9(13)4-6-10/h3-6,8,15H,7H2,1-2H3,(H,14,17)(H,16,18)/p+1/t8-/m0/s1. The molecule has 0 aliphatic rings. The quantitative estimate of drug-likeness (QED) is 0.660. The summed E-state index contributed by atoms with van der Waals surface area (Å²) in [6.45, 7) is 1.89. The molecule has 0 saturated heterocycles. The summed E-state index contributed by atoms with van der Waals surface area (Å²) >= 11 is 0. The Bertz CT molecular complexity index is 420. The highest BCUT2D eigenvalue weighted by Crippen LogP contribution is 2.07. The average molecular weight is 254 g/mol. The van der Waals surface area contributed by atoms with Crippen molar-refractivity contribution in [2.45, 2.75) is 13.0 Å². The highest BCUT2D eigenvalue weighted by Gasteiger charge is 2.17. The highest BCUT2D eigenvalue weighted by atomic mass is 19.1. The third-order valence-corrected chi connectivity index (χ3v) is 2.46. The number of anilines is 1. The number of hydrogen-bond acceptors (Lipinski definition) is 2. The molecule has 0 bridgehead atoms. The molecule has 0 unspecified atom stereocenters. The van der Waals surface area contributed by atoms with Crippen LogP contribution in [0.25, 0.3) is 0 Å². The van der Waals surface area contributed by atoms with Gasteiger partial charge in [-0.05, 0) is 31.2 Å². The van der Waals surface area contributed by atoms with E-state index in [4.69, 9.17) is 0 Å². The van der Waals surface area contributed by atoms with Gasteiger partial charge in [-0.1, -0.05) is 0 Å². The molecule has 0 saturated carbocycles. The molecule has 4 N–H and O–H groups in total. The van der Waals surface area contributed by atoms with E-state index in [-0.39, 0.29) is 24.2 Å². The molecule has 98 valence electrons. The maximum Gasteiger partial charge on any atom is 0.282 e. The fraction of sp³-hybridized carbons (Fsp3) is 0.333. The van der Waals surface area contributed by atoms with E-state index in [1.54, 1.807) is 19.3 Å². The second-order valence-electron chi connectivity index (χ2n) is 3.90. The van der Waals surface area contributed by atoms with Gasteiger partial charge in [0.05, 0.1) is 0 Å². The summed E-state index contributed by atoms with van der Waals surface area (Å²) in [6, 6.07) is 5.12. The Morgan fingerprint density at radius 2 is 1.94 bits per heavy atom. The van der Waals surface area contributed by atoms with Crippen molar-refractivity contribution in [3.8, 4) is 0 Å². The van der Waals surface area contributed by atoms with Crippen LogP contribution in [0.2, 0.25) is 0 Å². The first-order valence-electron chi connectivity index (χ1n) is 5.63. The lowest BCUT2D eigenvalue weighted by atomic mass is 10.2. The van der Waals surface area contributed by atoms with Gasteiger partial charge in [-0.15, -0.1) is 0 Å². The van der Waals surface area contributed by atoms with Gasteiger partial charge in [-0.2, -0.15) is 0 Å². The van der Waals surface area contributed by atoms with E-state index >= 15 is 0 Å². The molecule has 0 radical (unpaired) electrons. The molecule has 0 fully saturated rings. The first-order valence-corrected chi connectivity index (χ1v) is 5.63. The van der Waals surface area contributed by atoms with Crippen molar-refractivity contribution in [3.63, 3.8) is 0 Å². The summed E-state index contributed by atoms with van der Waals surface area (Å²) in [5.74, 6) is -0.728. The zero-order valence-electron chi connectivity index (χ0n) is 10.4. The summed E-state index contributed by atoms with van der Waals surface area (Å²) in [4.78, 5) is 22.7. The summed E-state index contributed by atoms with van der Waals surface area (Å²) in [7, 11) is 1.54. The zero-order chi connectivity index (χ0) is 13.5. The largest absolute Gasteiger partial charge is 0.354 e. The molecule has 1 atom stereocenters. The van der Waals surface area contributed by atoms with E-state index < -0.39 is 6.04 Å². The Balaban J connectivity index is 2.44. The van der Waals surface area contributed by atoms with Gasteiger partial charge in [0.25, 0.3) is 11.8 Å². The summed E-state index contributed by atoms with van der Waals surface area (Å²) in [6.07, 6.45) is 0. The van der Waals surface area contributed by atoms with Crippen LogP contribution in [0.3, 0.4) is 0 Å². The Labute approximate surface area is 105 Å². The minimum Gasteiger partial charge on any atom is -0.354 e. The number of nitrogens with one attached hydrogen (secondary N) is 2. The number of carbonyl (C=O) groups excluding carboxylic acids is 2. The number of hydrogen-bond donors (Lipinski definition) is 3. The van der Waals surface area contributed by atoms with Crippen molar-refractivity contribution in [3.05, 3.63) is 30.1 Å². The Kier molecular flexibility index (Phi) is 5.26. The smallest absolute Gasteiger partial charge is 0.282 e. The Morgan fingerprint density at radius 1 is 1.33 bits per heavy atom. The second kappa shape index (κ2) is 6.70. The molecular formula is C12H17FN3O2+. The van der Waals surface area contributed by atoms with Crippen molar-refractivity contribution >= 4 is 17.5 Å². The van der Waals surface area contributed by atoms with Gasteiger partial charge in [0.2, 0.25) is 0 Å². The predicted octanol–water partition coefficient (Wildman–Crippen LogP) is -0.538. The number of amides is 2. The highest BCUT2D eigenvalue weighted by molar-refractivity contribution is 5.93. The molecular weight excluding hydrogens is 237 g/mol. The van der Waals surface area contributed by atoms with E-state index in [2.05, 4.69) is 10.6 Å². The molecule has 0 heterocycles. The molecule has 2 amide bonds. The molecule has 0 aliphatic carbocycles. The SMILES string of the molecule is CNC(=O)C[NH2+][C@@H](C)C(=O)Nc1ccc(F)cc1. The molecule has 18 heavy (non-hydrogen) atoms. The minimum absolute atomic E-state index is 0.142. The van der Waals surface area contributed by atoms with Crippen LogP contribution in [0.15, 0.2) is 24.3 Å². The van der Waals surface area contributed by atoms with Crippen LogP contribution < -0.4 is 16.0 Å². The van der Waals surface area contributed by atoms with Crippen LogP contribution in [-0.2, 0) is 9.59 Å². The lowest BCUT2D eigenvalue weighted by Crippen LogP contribution is -2.93. The first-order chi connectivity index (χ1) is 8.52. The Morgan fingerprint density at radius 3 is 2.50 bits per heavy atom. The topological polar surface area (TPSA) is 74.8 Å². The van der Waals surface area contributed by atoms with Gasteiger partial charge in [-0.3, -0.25) is 9.59 Å². The number of rotatable bonds is 5. The van der Waals surface area contributed by atoms with Crippen molar-refractivity contribution in [1.82, 2.24) is 5.32 Å². The molecule has 5 nitrogen and oxygen atoms in total. The number of benzene rings is 1. The molecule has 0 aliphatic heterocycles. The first kappa shape index (κ1) is 14.1. The third-order valence-electron chi connectivity index (χ3n) is 2.46. The number of carbonyl (C=O) groups is 2. The zero-order valence-corrected chi connectivity index (χ0v) is 10.4. The third kappa shape index (κ3) is 4.50. The molecule has 1 aromatic carbocycles. The molecule has 0 spiro atoms.